The lowest BCUT2D eigenvalue weighted by atomic mass is 10.2. The van der Waals surface area contributed by atoms with Gasteiger partial charge in [0.25, 0.3) is 0 Å². The zero-order chi connectivity index (χ0) is 8.81. The number of aliphatic hydroxyl groups is 1. The molecule has 4 nitrogen and oxygen atoms in total. The fourth-order valence-electron chi connectivity index (χ4n) is 1.24. The van der Waals surface area contributed by atoms with Crippen molar-refractivity contribution in [1.82, 2.24) is 5.32 Å². The van der Waals surface area contributed by atoms with Gasteiger partial charge in [-0.05, 0) is 13.0 Å². The number of nitrogens with one attached hydrogen (secondary N) is 1. The van der Waals surface area contributed by atoms with Crippen molar-refractivity contribution in [2.24, 2.45) is 0 Å². The van der Waals surface area contributed by atoms with Crippen LogP contribution in [0.5, 0.6) is 0 Å². The van der Waals surface area contributed by atoms with Gasteiger partial charge in [-0.2, -0.15) is 0 Å². The van der Waals surface area contributed by atoms with Gasteiger partial charge in [-0.3, -0.25) is 0 Å². The molecule has 0 unspecified atom stereocenters. The molecule has 0 aromatic carbocycles. The average Bonchev–Trinajstić information content (AvgIpc) is 2.46. The molecule has 0 spiro atoms. The molecule has 1 aliphatic heterocycles. The summed E-state index contributed by atoms with van der Waals surface area (Å²) in [5.74, 6) is 0. The van der Waals surface area contributed by atoms with Gasteiger partial charge >= 0.3 is 0 Å². The van der Waals surface area contributed by atoms with Crippen LogP contribution in [0.3, 0.4) is 0 Å². The van der Waals surface area contributed by atoms with E-state index in [2.05, 4.69) is 5.32 Å². The van der Waals surface area contributed by atoms with Crippen LogP contribution < -0.4 is 5.32 Å². The van der Waals surface area contributed by atoms with E-state index in [9.17, 15) is 5.11 Å². The number of methoxy groups -OCH3 is 1. The van der Waals surface area contributed by atoms with Gasteiger partial charge in [-0.15, -0.1) is 0 Å². The van der Waals surface area contributed by atoms with Crippen LogP contribution in [0.1, 0.15) is 6.42 Å². The van der Waals surface area contributed by atoms with Crippen LogP contribution in [0.2, 0.25) is 0 Å². The Morgan fingerprint density at radius 3 is 3.00 bits per heavy atom. The molecule has 1 heterocycles. The minimum absolute atomic E-state index is 0.113. The number of hydrogen-bond donors (Lipinski definition) is 2. The van der Waals surface area contributed by atoms with Crippen LogP contribution in [-0.4, -0.2) is 50.7 Å². The SMILES string of the molecule is COCCCN[C@@H]1COC[C@H]1O. The molecule has 2 N–H and O–H groups in total. The fourth-order valence-corrected chi connectivity index (χ4v) is 1.24. The standard InChI is InChI=1S/C8H17NO3/c1-11-4-2-3-9-7-5-12-6-8(7)10/h7-10H,2-6H2,1H3/t7-,8-/m1/s1. The Morgan fingerprint density at radius 2 is 2.42 bits per heavy atom. The van der Waals surface area contributed by atoms with E-state index < -0.39 is 0 Å². The summed E-state index contributed by atoms with van der Waals surface area (Å²) < 4.78 is 9.98. The minimum atomic E-state index is -0.340. The van der Waals surface area contributed by atoms with Crippen molar-refractivity contribution >= 4 is 0 Å². The third-order valence-electron chi connectivity index (χ3n) is 1.98. The highest BCUT2D eigenvalue weighted by molar-refractivity contribution is 4.80. The van der Waals surface area contributed by atoms with Crippen LogP contribution in [-0.2, 0) is 9.47 Å². The second-order valence-corrected chi connectivity index (χ2v) is 3.01. The average molecular weight is 175 g/mol. The van der Waals surface area contributed by atoms with E-state index in [4.69, 9.17) is 9.47 Å². The molecule has 2 atom stereocenters. The lowest BCUT2D eigenvalue weighted by molar-refractivity contribution is 0.122. The topological polar surface area (TPSA) is 50.7 Å². The van der Waals surface area contributed by atoms with E-state index >= 15 is 0 Å². The van der Waals surface area contributed by atoms with Crippen LogP contribution in [0.4, 0.5) is 0 Å². The fraction of sp³-hybridized carbons (Fsp3) is 1.00. The smallest absolute Gasteiger partial charge is 0.0948 e. The lowest BCUT2D eigenvalue weighted by Crippen LogP contribution is -2.39. The predicted octanol–water partition coefficient (Wildman–Crippen LogP) is -0.628. The Bertz CT molecular complexity index is 121. The normalized spacial score (nSPS) is 29.5. The van der Waals surface area contributed by atoms with E-state index in [0.717, 1.165) is 19.6 Å². The second-order valence-electron chi connectivity index (χ2n) is 3.01. The molecule has 12 heavy (non-hydrogen) atoms. The Morgan fingerprint density at radius 1 is 1.58 bits per heavy atom. The van der Waals surface area contributed by atoms with Gasteiger partial charge in [0, 0.05) is 13.7 Å². The first kappa shape index (κ1) is 9.92. The van der Waals surface area contributed by atoms with Crippen molar-refractivity contribution in [2.75, 3.05) is 33.5 Å². The Kier molecular flexibility index (Phi) is 4.53. The lowest BCUT2D eigenvalue weighted by Gasteiger charge is -2.13. The van der Waals surface area contributed by atoms with E-state index in [0.29, 0.717) is 13.2 Å². The Hall–Kier alpha value is -0.160. The number of hydrogen-bond acceptors (Lipinski definition) is 4. The summed E-state index contributed by atoms with van der Waals surface area (Å²) in [5.41, 5.74) is 0. The third-order valence-corrected chi connectivity index (χ3v) is 1.98. The van der Waals surface area contributed by atoms with Gasteiger partial charge in [0.1, 0.15) is 0 Å². The van der Waals surface area contributed by atoms with Crippen LogP contribution in [0.25, 0.3) is 0 Å². The maximum absolute atomic E-state index is 9.33. The van der Waals surface area contributed by atoms with Gasteiger partial charge in [-0.1, -0.05) is 0 Å². The second kappa shape index (κ2) is 5.48. The van der Waals surface area contributed by atoms with E-state index in [1.165, 1.54) is 0 Å². The van der Waals surface area contributed by atoms with E-state index in [1.807, 2.05) is 0 Å². The summed E-state index contributed by atoms with van der Waals surface area (Å²) in [6, 6.07) is 0.113. The molecule has 1 rings (SSSR count). The first-order valence-electron chi connectivity index (χ1n) is 4.32. The van der Waals surface area contributed by atoms with Crippen LogP contribution in [0, 0.1) is 0 Å². The summed E-state index contributed by atoms with van der Waals surface area (Å²) in [6.45, 7) is 2.71. The zero-order valence-electron chi connectivity index (χ0n) is 7.45. The monoisotopic (exact) mass is 175 g/mol. The molecule has 0 amide bonds. The van der Waals surface area contributed by atoms with Gasteiger partial charge in [0.15, 0.2) is 0 Å². The molecular formula is C8H17NO3. The highest BCUT2D eigenvalue weighted by Crippen LogP contribution is 2.04. The van der Waals surface area contributed by atoms with Crippen molar-refractivity contribution in [2.45, 2.75) is 18.6 Å². The number of aliphatic hydroxyl groups excluding tert-OH is 1. The van der Waals surface area contributed by atoms with E-state index in [-0.39, 0.29) is 12.1 Å². The van der Waals surface area contributed by atoms with Gasteiger partial charge in [-0.25, -0.2) is 0 Å². The predicted molar refractivity (Wildman–Crippen MR) is 45.1 cm³/mol. The molecule has 1 saturated heterocycles. The summed E-state index contributed by atoms with van der Waals surface area (Å²) >= 11 is 0. The van der Waals surface area contributed by atoms with E-state index in [1.54, 1.807) is 7.11 Å². The Labute approximate surface area is 72.9 Å². The van der Waals surface area contributed by atoms with Crippen molar-refractivity contribution in [3.63, 3.8) is 0 Å². The maximum atomic E-state index is 9.33. The first-order chi connectivity index (χ1) is 5.84. The molecule has 72 valence electrons. The molecule has 0 radical (unpaired) electrons. The molecule has 0 aromatic rings. The molecule has 1 aliphatic rings. The van der Waals surface area contributed by atoms with Crippen LogP contribution >= 0.6 is 0 Å². The largest absolute Gasteiger partial charge is 0.389 e. The van der Waals surface area contributed by atoms with Crippen LogP contribution in [0.15, 0.2) is 0 Å². The molecular weight excluding hydrogens is 158 g/mol. The highest BCUT2D eigenvalue weighted by atomic mass is 16.5. The van der Waals surface area contributed by atoms with Gasteiger partial charge in [0.2, 0.25) is 0 Å². The minimum Gasteiger partial charge on any atom is -0.389 e. The summed E-state index contributed by atoms with van der Waals surface area (Å²) in [5, 5.41) is 12.5. The molecule has 4 heteroatoms. The van der Waals surface area contributed by atoms with Crippen molar-refractivity contribution in [3.05, 3.63) is 0 Å². The molecule has 1 fully saturated rings. The number of rotatable bonds is 5. The molecule has 0 saturated carbocycles. The number of ether oxygens (including phenoxy) is 2. The van der Waals surface area contributed by atoms with Gasteiger partial charge < -0.3 is 19.9 Å². The maximum Gasteiger partial charge on any atom is 0.0948 e. The molecule has 0 bridgehead atoms. The third kappa shape index (κ3) is 3.06. The summed E-state index contributed by atoms with van der Waals surface area (Å²) in [7, 11) is 1.69. The van der Waals surface area contributed by atoms with Gasteiger partial charge in [0.05, 0.1) is 25.4 Å². The zero-order valence-corrected chi connectivity index (χ0v) is 7.45. The molecule has 0 aromatic heterocycles. The van der Waals surface area contributed by atoms with Crippen molar-refractivity contribution < 1.29 is 14.6 Å². The summed E-state index contributed by atoms with van der Waals surface area (Å²) in [4.78, 5) is 0. The quantitative estimate of drug-likeness (QED) is 0.546. The highest BCUT2D eigenvalue weighted by Gasteiger charge is 2.24. The summed E-state index contributed by atoms with van der Waals surface area (Å²) in [6.07, 6.45) is 0.632. The Balaban J connectivity index is 1.98. The van der Waals surface area contributed by atoms with Crippen molar-refractivity contribution in [3.8, 4) is 0 Å². The first-order valence-corrected chi connectivity index (χ1v) is 4.32. The van der Waals surface area contributed by atoms with Crippen molar-refractivity contribution in [1.29, 1.82) is 0 Å². The molecule has 0 aliphatic carbocycles.